The van der Waals surface area contributed by atoms with Crippen LogP contribution in [0.25, 0.3) is 0 Å². The summed E-state index contributed by atoms with van der Waals surface area (Å²) in [5.41, 5.74) is 12.3. The van der Waals surface area contributed by atoms with E-state index >= 15 is 0 Å². The molecule has 0 fully saturated rings. The first-order valence-electron chi connectivity index (χ1n) is 4.75. The number of ether oxygens (including phenoxy) is 1. The van der Waals surface area contributed by atoms with E-state index in [4.69, 9.17) is 16.2 Å². The van der Waals surface area contributed by atoms with Crippen LogP contribution in [0.5, 0.6) is 0 Å². The van der Waals surface area contributed by atoms with Crippen molar-refractivity contribution in [1.29, 1.82) is 0 Å². The number of anilines is 1. The third-order valence-electron chi connectivity index (χ3n) is 2.14. The fourth-order valence-electron chi connectivity index (χ4n) is 1.39. The van der Waals surface area contributed by atoms with Crippen LogP contribution in [0.1, 0.15) is 23.1 Å². The molecule has 4 N–H and O–H groups in total. The van der Waals surface area contributed by atoms with Gasteiger partial charge in [-0.25, -0.2) is 0 Å². The molecule has 1 heterocycles. The summed E-state index contributed by atoms with van der Waals surface area (Å²) in [6.07, 6.45) is 0.673. The van der Waals surface area contributed by atoms with Crippen LogP contribution in [-0.4, -0.2) is 29.4 Å². The van der Waals surface area contributed by atoms with Crippen LogP contribution >= 0.6 is 0 Å². The molecule has 0 unspecified atom stereocenters. The molecule has 1 aromatic heterocycles. The predicted molar refractivity (Wildman–Crippen MR) is 56.4 cm³/mol. The highest BCUT2D eigenvalue weighted by Crippen LogP contribution is 2.17. The molecule has 1 amide bonds. The molecule has 0 aliphatic rings. The second kappa shape index (κ2) is 4.79. The van der Waals surface area contributed by atoms with E-state index in [-0.39, 0.29) is 5.69 Å². The number of carbonyl (C=O) groups is 1. The molecule has 0 bridgehead atoms. The molecule has 1 rings (SSSR count). The molecule has 84 valence electrons. The highest BCUT2D eigenvalue weighted by molar-refractivity contribution is 5.96. The summed E-state index contributed by atoms with van der Waals surface area (Å²) < 4.78 is 6.41. The molecular weight excluding hydrogens is 196 g/mol. The number of amides is 1. The lowest BCUT2D eigenvalue weighted by Gasteiger charge is -2.03. The van der Waals surface area contributed by atoms with Crippen LogP contribution in [0.3, 0.4) is 0 Å². The van der Waals surface area contributed by atoms with Gasteiger partial charge in [-0.2, -0.15) is 5.10 Å². The van der Waals surface area contributed by atoms with Gasteiger partial charge in [0.2, 0.25) is 0 Å². The van der Waals surface area contributed by atoms with E-state index in [9.17, 15) is 4.79 Å². The maximum atomic E-state index is 11.2. The van der Waals surface area contributed by atoms with Gasteiger partial charge in [-0.05, 0) is 6.42 Å². The standard InChI is InChI=1S/C9H16N4O2/c1-3-6-7(10)8(9(11)14)13(12-6)4-5-15-2/h3-5,10H2,1-2H3,(H2,11,14). The van der Waals surface area contributed by atoms with Crippen molar-refractivity contribution in [3.63, 3.8) is 0 Å². The first-order chi connectivity index (χ1) is 7.11. The lowest BCUT2D eigenvalue weighted by Crippen LogP contribution is -2.20. The molecular formula is C9H16N4O2. The number of primary amides is 1. The van der Waals surface area contributed by atoms with Gasteiger partial charge in [0, 0.05) is 7.11 Å². The summed E-state index contributed by atoms with van der Waals surface area (Å²) in [7, 11) is 1.58. The average molecular weight is 212 g/mol. The summed E-state index contributed by atoms with van der Waals surface area (Å²) in [5.74, 6) is -0.559. The Balaban J connectivity index is 3.07. The molecule has 0 spiro atoms. The van der Waals surface area contributed by atoms with E-state index < -0.39 is 5.91 Å². The zero-order valence-corrected chi connectivity index (χ0v) is 8.99. The van der Waals surface area contributed by atoms with Gasteiger partial charge in [-0.1, -0.05) is 6.92 Å². The van der Waals surface area contributed by atoms with Crippen LogP contribution in [-0.2, 0) is 17.7 Å². The van der Waals surface area contributed by atoms with Crippen molar-refractivity contribution < 1.29 is 9.53 Å². The Morgan fingerprint density at radius 3 is 2.73 bits per heavy atom. The van der Waals surface area contributed by atoms with Crippen molar-refractivity contribution in [3.8, 4) is 0 Å². The first kappa shape index (κ1) is 11.5. The van der Waals surface area contributed by atoms with E-state index in [1.54, 1.807) is 7.11 Å². The SMILES string of the molecule is CCc1nn(CCOC)c(C(N)=O)c1N. The number of nitrogen functional groups attached to an aromatic ring is 1. The molecule has 0 aliphatic heterocycles. The number of hydrogen-bond donors (Lipinski definition) is 2. The highest BCUT2D eigenvalue weighted by Gasteiger charge is 2.17. The Labute approximate surface area is 88.2 Å². The molecule has 1 aromatic rings. The summed E-state index contributed by atoms with van der Waals surface area (Å²) >= 11 is 0. The van der Waals surface area contributed by atoms with Crippen LogP contribution < -0.4 is 11.5 Å². The van der Waals surface area contributed by atoms with Gasteiger partial charge in [0.15, 0.2) is 0 Å². The largest absolute Gasteiger partial charge is 0.395 e. The Kier molecular flexibility index (Phi) is 3.68. The highest BCUT2D eigenvalue weighted by atomic mass is 16.5. The zero-order valence-electron chi connectivity index (χ0n) is 8.99. The minimum atomic E-state index is -0.559. The normalized spacial score (nSPS) is 10.5. The van der Waals surface area contributed by atoms with Gasteiger partial charge in [0.05, 0.1) is 24.5 Å². The second-order valence-corrected chi connectivity index (χ2v) is 3.14. The number of methoxy groups -OCH3 is 1. The summed E-state index contributed by atoms with van der Waals surface area (Å²) in [4.78, 5) is 11.2. The van der Waals surface area contributed by atoms with Crippen molar-refractivity contribution in [2.45, 2.75) is 19.9 Å². The average Bonchev–Trinajstić information content (AvgIpc) is 2.51. The van der Waals surface area contributed by atoms with E-state index in [1.165, 1.54) is 4.68 Å². The zero-order chi connectivity index (χ0) is 11.4. The minimum absolute atomic E-state index is 0.268. The summed E-state index contributed by atoms with van der Waals surface area (Å²) in [6.45, 7) is 2.85. The topological polar surface area (TPSA) is 96.2 Å². The predicted octanol–water partition coefficient (Wildman–Crippen LogP) is -0.227. The number of nitrogens with two attached hydrogens (primary N) is 2. The van der Waals surface area contributed by atoms with Gasteiger partial charge in [0.1, 0.15) is 5.69 Å². The van der Waals surface area contributed by atoms with Crippen molar-refractivity contribution >= 4 is 11.6 Å². The van der Waals surface area contributed by atoms with Crippen molar-refractivity contribution in [3.05, 3.63) is 11.4 Å². The number of rotatable bonds is 5. The van der Waals surface area contributed by atoms with Gasteiger partial charge in [-0.3, -0.25) is 9.48 Å². The fourth-order valence-corrected chi connectivity index (χ4v) is 1.39. The van der Waals surface area contributed by atoms with Crippen LogP contribution in [0.15, 0.2) is 0 Å². The molecule has 0 saturated heterocycles. The van der Waals surface area contributed by atoms with E-state index in [2.05, 4.69) is 5.10 Å². The molecule has 0 atom stereocenters. The quantitative estimate of drug-likeness (QED) is 0.704. The Morgan fingerprint density at radius 2 is 2.27 bits per heavy atom. The fraction of sp³-hybridized carbons (Fsp3) is 0.556. The number of nitrogens with zero attached hydrogens (tertiary/aromatic N) is 2. The number of carbonyl (C=O) groups excluding carboxylic acids is 1. The Bertz CT molecular complexity index is 359. The van der Waals surface area contributed by atoms with E-state index in [0.717, 1.165) is 0 Å². The molecule has 15 heavy (non-hydrogen) atoms. The second-order valence-electron chi connectivity index (χ2n) is 3.14. The van der Waals surface area contributed by atoms with Crippen LogP contribution in [0.4, 0.5) is 5.69 Å². The Hall–Kier alpha value is -1.56. The van der Waals surface area contributed by atoms with Gasteiger partial charge >= 0.3 is 0 Å². The summed E-state index contributed by atoms with van der Waals surface area (Å²) in [6, 6.07) is 0. The van der Waals surface area contributed by atoms with Crippen LogP contribution in [0, 0.1) is 0 Å². The van der Waals surface area contributed by atoms with Crippen molar-refractivity contribution in [2.75, 3.05) is 19.5 Å². The number of aryl methyl sites for hydroxylation is 1. The molecule has 0 aromatic carbocycles. The molecule has 0 aliphatic carbocycles. The molecule has 0 saturated carbocycles. The first-order valence-corrected chi connectivity index (χ1v) is 4.75. The minimum Gasteiger partial charge on any atom is -0.395 e. The van der Waals surface area contributed by atoms with Gasteiger partial charge < -0.3 is 16.2 Å². The van der Waals surface area contributed by atoms with E-state index in [1.807, 2.05) is 6.92 Å². The van der Waals surface area contributed by atoms with Crippen molar-refractivity contribution in [1.82, 2.24) is 9.78 Å². The molecule has 6 nitrogen and oxygen atoms in total. The number of aromatic nitrogens is 2. The van der Waals surface area contributed by atoms with E-state index in [0.29, 0.717) is 31.0 Å². The van der Waals surface area contributed by atoms with Crippen LogP contribution in [0.2, 0.25) is 0 Å². The third kappa shape index (κ3) is 2.27. The molecule has 0 radical (unpaired) electrons. The lowest BCUT2D eigenvalue weighted by molar-refractivity contribution is 0.0987. The van der Waals surface area contributed by atoms with Gasteiger partial charge in [-0.15, -0.1) is 0 Å². The summed E-state index contributed by atoms with van der Waals surface area (Å²) in [5, 5.41) is 4.20. The third-order valence-corrected chi connectivity index (χ3v) is 2.14. The molecule has 6 heteroatoms. The maximum Gasteiger partial charge on any atom is 0.269 e. The smallest absolute Gasteiger partial charge is 0.269 e. The van der Waals surface area contributed by atoms with Crippen molar-refractivity contribution in [2.24, 2.45) is 5.73 Å². The lowest BCUT2D eigenvalue weighted by atomic mass is 10.2. The maximum absolute atomic E-state index is 11.2. The number of hydrogen-bond acceptors (Lipinski definition) is 4. The Morgan fingerprint density at radius 1 is 1.60 bits per heavy atom. The monoisotopic (exact) mass is 212 g/mol. The van der Waals surface area contributed by atoms with Gasteiger partial charge in [0.25, 0.3) is 5.91 Å².